The van der Waals surface area contributed by atoms with E-state index in [9.17, 15) is 4.79 Å². The van der Waals surface area contributed by atoms with Crippen molar-refractivity contribution < 1.29 is 4.79 Å². The van der Waals surface area contributed by atoms with Crippen LogP contribution in [0.15, 0.2) is 72.9 Å². The summed E-state index contributed by atoms with van der Waals surface area (Å²) in [6.45, 7) is 1.55. The Morgan fingerprint density at radius 2 is 1.67 bits per heavy atom. The fraction of sp³-hybridized carbons (Fsp3) is 0.150. The Labute approximate surface area is 155 Å². The molecule has 0 saturated carbocycles. The zero-order chi connectivity index (χ0) is 16.5. The van der Waals surface area contributed by atoms with E-state index in [-0.39, 0.29) is 11.9 Å². The van der Waals surface area contributed by atoms with Gasteiger partial charge in [0.1, 0.15) is 0 Å². The van der Waals surface area contributed by atoms with Crippen molar-refractivity contribution in [2.75, 3.05) is 6.54 Å². The summed E-state index contributed by atoms with van der Waals surface area (Å²) in [5.41, 5.74) is 3.10. The van der Waals surface area contributed by atoms with Crippen molar-refractivity contribution >= 4 is 28.5 Å². The van der Waals surface area contributed by atoms with E-state index in [1.54, 1.807) is 0 Å². The fourth-order valence-electron chi connectivity index (χ4n) is 3.38. The number of halogens is 1. The monoisotopic (exact) mass is 428 g/mol. The van der Waals surface area contributed by atoms with E-state index < -0.39 is 0 Å². The van der Waals surface area contributed by atoms with Crippen LogP contribution in [0.4, 0.5) is 0 Å². The van der Waals surface area contributed by atoms with Gasteiger partial charge in [-0.3, -0.25) is 4.79 Å². The van der Waals surface area contributed by atoms with Crippen LogP contribution in [0.25, 0.3) is 0 Å². The third-order valence-electron chi connectivity index (χ3n) is 4.52. The summed E-state index contributed by atoms with van der Waals surface area (Å²) >= 11 is 2.24. The smallest absolute Gasteiger partial charge is 0.255 e. The second-order valence-corrected chi connectivity index (χ2v) is 7.08. The molecule has 0 aliphatic carbocycles. The van der Waals surface area contributed by atoms with Crippen molar-refractivity contribution in [3.8, 4) is 0 Å². The number of rotatable bonds is 2. The normalized spacial score (nSPS) is 16.7. The minimum Gasteiger partial charge on any atom is -0.348 e. The Morgan fingerprint density at radius 3 is 2.46 bits per heavy atom. The number of carbonyl (C=O) groups is 1. The van der Waals surface area contributed by atoms with E-state index in [2.05, 4.69) is 57.6 Å². The van der Waals surface area contributed by atoms with Crippen LogP contribution >= 0.6 is 22.6 Å². The largest absolute Gasteiger partial charge is 0.348 e. The molecule has 0 radical (unpaired) electrons. The summed E-state index contributed by atoms with van der Waals surface area (Å²) in [7, 11) is 0. The summed E-state index contributed by atoms with van der Waals surface area (Å²) in [5, 5.41) is 0. The van der Waals surface area contributed by atoms with Gasteiger partial charge in [-0.25, -0.2) is 0 Å². The maximum Gasteiger partial charge on any atom is 0.255 e. The number of fused-ring (bicyclic) bond motifs is 1. The van der Waals surface area contributed by atoms with Crippen LogP contribution in [-0.4, -0.2) is 21.9 Å². The molecule has 1 amide bonds. The predicted octanol–water partition coefficient (Wildman–Crippen LogP) is 4.34. The molecule has 0 bridgehead atoms. The predicted molar refractivity (Wildman–Crippen MR) is 103 cm³/mol. The number of hydrogen-bond acceptors (Lipinski definition) is 1. The van der Waals surface area contributed by atoms with Gasteiger partial charge in [0.15, 0.2) is 0 Å². The molecule has 3 aromatic rings. The number of aromatic nitrogens is 1. The summed E-state index contributed by atoms with van der Waals surface area (Å²) < 4.78 is 3.24. The van der Waals surface area contributed by atoms with Gasteiger partial charge in [0.05, 0.1) is 11.6 Å². The lowest BCUT2D eigenvalue weighted by molar-refractivity contribution is 0.0663. The standard InChI is InChI=1S/C20H17IN2O/c21-17-10-5-4-9-16(17)20(24)23-14-13-22-12-6-11-18(22)19(23)15-7-2-1-3-8-15/h1-12,19H,13-14H2. The van der Waals surface area contributed by atoms with Gasteiger partial charge >= 0.3 is 0 Å². The zero-order valence-electron chi connectivity index (χ0n) is 13.1. The molecule has 2 aromatic carbocycles. The van der Waals surface area contributed by atoms with E-state index in [1.165, 1.54) is 5.69 Å². The van der Waals surface area contributed by atoms with Crippen LogP contribution in [0, 0.1) is 3.57 Å². The molecule has 3 nitrogen and oxygen atoms in total. The molecular formula is C20H17IN2O. The molecule has 1 unspecified atom stereocenters. The van der Waals surface area contributed by atoms with Crippen LogP contribution < -0.4 is 0 Å². The van der Waals surface area contributed by atoms with Crippen LogP contribution in [-0.2, 0) is 6.54 Å². The van der Waals surface area contributed by atoms with Gasteiger partial charge in [0.2, 0.25) is 0 Å². The number of nitrogens with zero attached hydrogens (tertiary/aromatic N) is 2. The highest BCUT2D eigenvalue weighted by molar-refractivity contribution is 14.1. The fourth-order valence-corrected chi connectivity index (χ4v) is 4.00. The van der Waals surface area contributed by atoms with E-state index in [0.29, 0.717) is 6.54 Å². The van der Waals surface area contributed by atoms with Gasteiger partial charge < -0.3 is 9.47 Å². The molecule has 1 aliphatic heterocycles. The van der Waals surface area contributed by atoms with E-state index in [4.69, 9.17) is 0 Å². The highest BCUT2D eigenvalue weighted by atomic mass is 127. The van der Waals surface area contributed by atoms with Gasteiger partial charge in [-0.1, -0.05) is 42.5 Å². The first-order valence-electron chi connectivity index (χ1n) is 8.01. The summed E-state index contributed by atoms with van der Waals surface area (Å²) in [5.74, 6) is 0.0984. The van der Waals surface area contributed by atoms with E-state index >= 15 is 0 Å². The molecule has 24 heavy (non-hydrogen) atoms. The lowest BCUT2D eigenvalue weighted by Crippen LogP contribution is -2.42. The highest BCUT2D eigenvalue weighted by Gasteiger charge is 2.33. The van der Waals surface area contributed by atoms with Crippen LogP contribution in [0.5, 0.6) is 0 Å². The molecule has 0 saturated heterocycles. The highest BCUT2D eigenvalue weighted by Crippen LogP contribution is 2.33. The van der Waals surface area contributed by atoms with Gasteiger partial charge in [0.25, 0.3) is 5.91 Å². The Balaban J connectivity index is 1.80. The topological polar surface area (TPSA) is 25.2 Å². The minimum atomic E-state index is -0.0431. The zero-order valence-corrected chi connectivity index (χ0v) is 15.3. The minimum absolute atomic E-state index is 0.0431. The average Bonchev–Trinajstić information content (AvgIpc) is 3.10. The van der Waals surface area contributed by atoms with Crippen molar-refractivity contribution in [3.63, 3.8) is 0 Å². The Bertz CT molecular complexity index is 872. The van der Waals surface area contributed by atoms with Gasteiger partial charge in [-0.05, 0) is 52.4 Å². The molecule has 1 atom stereocenters. The van der Waals surface area contributed by atoms with Crippen LogP contribution in [0.1, 0.15) is 27.7 Å². The molecular weight excluding hydrogens is 411 g/mol. The first kappa shape index (κ1) is 15.4. The Kier molecular flexibility index (Phi) is 4.14. The first-order valence-corrected chi connectivity index (χ1v) is 9.09. The van der Waals surface area contributed by atoms with Gasteiger partial charge in [-0.15, -0.1) is 0 Å². The lowest BCUT2D eigenvalue weighted by Gasteiger charge is -2.37. The molecule has 4 rings (SSSR count). The Morgan fingerprint density at radius 1 is 0.917 bits per heavy atom. The van der Waals surface area contributed by atoms with Crippen molar-refractivity contribution in [1.29, 1.82) is 0 Å². The van der Waals surface area contributed by atoms with Crippen LogP contribution in [0.2, 0.25) is 0 Å². The third-order valence-corrected chi connectivity index (χ3v) is 5.46. The molecule has 4 heteroatoms. The summed E-state index contributed by atoms with van der Waals surface area (Å²) in [6.07, 6.45) is 2.10. The second kappa shape index (κ2) is 6.43. The molecule has 120 valence electrons. The van der Waals surface area contributed by atoms with Gasteiger partial charge in [-0.2, -0.15) is 0 Å². The average molecular weight is 428 g/mol. The SMILES string of the molecule is O=C(c1ccccc1I)N1CCn2cccc2C1c1ccccc1. The lowest BCUT2D eigenvalue weighted by atomic mass is 9.99. The van der Waals surface area contributed by atoms with E-state index in [1.807, 2.05) is 47.4 Å². The summed E-state index contributed by atoms with van der Waals surface area (Å²) in [4.78, 5) is 15.2. The number of hydrogen-bond donors (Lipinski definition) is 0. The molecule has 1 aliphatic rings. The maximum atomic E-state index is 13.2. The molecule has 2 heterocycles. The maximum absolute atomic E-state index is 13.2. The molecule has 0 spiro atoms. The quantitative estimate of drug-likeness (QED) is 0.558. The van der Waals surface area contributed by atoms with Gasteiger partial charge in [0, 0.05) is 28.6 Å². The molecule has 1 aromatic heterocycles. The summed E-state index contributed by atoms with van der Waals surface area (Å²) in [6, 6.07) is 22.2. The van der Waals surface area contributed by atoms with Crippen LogP contribution in [0.3, 0.4) is 0 Å². The first-order chi connectivity index (χ1) is 11.8. The number of benzene rings is 2. The van der Waals surface area contributed by atoms with Crippen molar-refractivity contribution in [1.82, 2.24) is 9.47 Å². The Hall–Kier alpha value is -2.08. The molecule has 0 N–H and O–H groups in total. The second-order valence-electron chi connectivity index (χ2n) is 5.92. The van der Waals surface area contributed by atoms with E-state index in [0.717, 1.165) is 21.2 Å². The van der Waals surface area contributed by atoms with Crippen molar-refractivity contribution in [3.05, 3.63) is 93.3 Å². The number of carbonyl (C=O) groups excluding carboxylic acids is 1. The molecule has 0 fully saturated rings. The number of amides is 1. The van der Waals surface area contributed by atoms with Crippen molar-refractivity contribution in [2.45, 2.75) is 12.6 Å². The van der Waals surface area contributed by atoms with Crippen molar-refractivity contribution in [2.24, 2.45) is 0 Å². The third kappa shape index (κ3) is 2.65.